The van der Waals surface area contributed by atoms with Crippen molar-refractivity contribution >= 4 is 12.0 Å². The van der Waals surface area contributed by atoms with E-state index in [1.54, 1.807) is 7.11 Å². The summed E-state index contributed by atoms with van der Waals surface area (Å²) in [6.45, 7) is 2.44. The van der Waals surface area contributed by atoms with Crippen LogP contribution in [0, 0.1) is 11.3 Å². The first kappa shape index (κ1) is 19.6. The normalized spacial score (nSPS) is 43.8. The maximum atomic E-state index is 13.8. The Morgan fingerprint density at radius 3 is 2.69 bits per heavy atom. The molecule has 5 rings (SSSR count). The first-order valence-corrected chi connectivity index (χ1v) is 11.2. The van der Waals surface area contributed by atoms with Crippen LogP contribution in [0.5, 0.6) is 0 Å². The second kappa shape index (κ2) is 7.39. The quantitative estimate of drug-likeness (QED) is 0.730. The van der Waals surface area contributed by atoms with Crippen LogP contribution < -0.4 is 5.32 Å². The van der Waals surface area contributed by atoms with Crippen LogP contribution in [0.3, 0.4) is 0 Å². The van der Waals surface area contributed by atoms with Gasteiger partial charge in [-0.3, -0.25) is 4.79 Å². The van der Waals surface area contributed by atoms with Crippen molar-refractivity contribution in [1.29, 1.82) is 0 Å². The lowest BCUT2D eigenvalue weighted by Crippen LogP contribution is -2.55. The summed E-state index contributed by atoms with van der Waals surface area (Å²) >= 11 is 0. The second-order valence-corrected chi connectivity index (χ2v) is 9.73. The summed E-state index contributed by atoms with van der Waals surface area (Å²) in [5.74, 6) is 0.750. The summed E-state index contributed by atoms with van der Waals surface area (Å²) in [5, 5.41) is 13.2. The van der Waals surface area contributed by atoms with Crippen LogP contribution in [0.2, 0.25) is 0 Å². The van der Waals surface area contributed by atoms with E-state index in [2.05, 4.69) is 5.32 Å². The third-order valence-corrected chi connectivity index (χ3v) is 8.37. The van der Waals surface area contributed by atoms with Crippen LogP contribution in [0.4, 0.5) is 4.79 Å². The lowest BCUT2D eigenvalue weighted by Gasteiger charge is -2.39. The summed E-state index contributed by atoms with van der Waals surface area (Å²) < 4.78 is 11.2. The standard InChI is InChI=1S/C21H33N3O5/c1-28-18-12-29-6-4-17(18)22-14-7-13-3-2-5-21(13,9-14)19(25)23-10-16-8-15(23)11-24(16)20(26)27/h13-18,22H,2-12H2,1H3,(H,26,27)/t13-,14-,15+,16+,17+,18-,21-/m1/s1. The number of hydrogen-bond acceptors (Lipinski definition) is 5. The van der Waals surface area contributed by atoms with Crippen LogP contribution >= 0.6 is 0 Å². The zero-order chi connectivity index (χ0) is 20.2. The summed E-state index contributed by atoms with van der Waals surface area (Å²) in [6.07, 6.45) is 6.18. The highest BCUT2D eigenvalue weighted by Gasteiger charge is 2.59. The molecule has 3 heterocycles. The number of ether oxygens (including phenoxy) is 2. The number of methoxy groups -OCH3 is 1. The van der Waals surface area contributed by atoms with Gasteiger partial charge in [-0.15, -0.1) is 0 Å². The van der Waals surface area contributed by atoms with Gasteiger partial charge in [0.2, 0.25) is 5.91 Å². The van der Waals surface area contributed by atoms with Crippen LogP contribution in [-0.2, 0) is 14.3 Å². The molecule has 3 aliphatic heterocycles. The van der Waals surface area contributed by atoms with Gasteiger partial charge in [0.15, 0.2) is 0 Å². The molecular weight excluding hydrogens is 374 g/mol. The molecular formula is C21H33N3O5. The van der Waals surface area contributed by atoms with Gasteiger partial charge < -0.3 is 29.7 Å². The number of hydrogen-bond donors (Lipinski definition) is 2. The number of likely N-dealkylation sites (tertiary alicyclic amines) is 2. The zero-order valence-corrected chi connectivity index (χ0v) is 17.2. The molecule has 2 N–H and O–H groups in total. The lowest BCUT2D eigenvalue weighted by atomic mass is 9.78. The SMILES string of the molecule is CO[C@@H]1COCC[C@@H]1N[C@@H]1C[C@H]2CCC[C@@]2(C(=O)N2C[C@@H]3C[C@H]2CN3C(=O)O)C1. The third kappa shape index (κ3) is 3.15. The Balaban J connectivity index is 1.27. The highest BCUT2D eigenvalue weighted by Crippen LogP contribution is 2.56. The highest BCUT2D eigenvalue weighted by molar-refractivity contribution is 5.85. The Morgan fingerprint density at radius 2 is 1.97 bits per heavy atom. The van der Waals surface area contributed by atoms with Gasteiger partial charge in [0, 0.05) is 38.9 Å². The fourth-order valence-electron chi connectivity index (χ4n) is 6.99. The minimum Gasteiger partial charge on any atom is -0.465 e. The monoisotopic (exact) mass is 407 g/mol. The molecule has 5 aliphatic rings. The fourth-order valence-corrected chi connectivity index (χ4v) is 6.99. The molecule has 162 valence electrons. The van der Waals surface area contributed by atoms with E-state index < -0.39 is 6.09 Å². The van der Waals surface area contributed by atoms with Gasteiger partial charge >= 0.3 is 6.09 Å². The minimum absolute atomic E-state index is 0.0160. The molecule has 29 heavy (non-hydrogen) atoms. The van der Waals surface area contributed by atoms with Crippen molar-refractivity contribution in [2.75, 3.05) is 33.4 Å². The van der Waals surface area contributed by atoms with E-state index in [-0.39, 0.29) is 29.6 Å². The average molecular weight is 408 g/mol. The minimum atomic E-state index is -0.851. The molecule has 2 saturated carbocycles. The Bertz CT molecular complexity index is 675. The van der Waals surface area contributed by atoms with Crippen LogP contribution in [0.1, 0.15) is 44.9 Å². The van der Waals surface area contributed by atoms with Gasteiger partial charge in [0.25, 0.3) is 0 Å². The number of carbonyl (C=O) groups excluding carboxylic acids is 1. The number of amides is 2. The van der Waals surface area contributed by atoms with Gasteiger partial charge in [-0.25, -0.2) is 4.79 Å². The predicted molar refractivity (Wildman–Crippen MR) is 105 cm³/mol. The average Bonchev–Trinajstić information content (AvgIpc) is 3.46. The first-order chi connectivity index (χ1) is 14.0. The number of nitrogens with one attached hydrogen (secondary N) is 1. The number of fused-ring (bicyclic) bond motifs is 3. The second-order valence-electron chi connectivity index (χ2n) is 9.73. The van der Waals surface area contributed by atoms with Crippen molar-refractivity contribution in [3.8, 4) is 0 Å². The molecule has 0 aromatic heterocycles. The number of rotatable bonds is 4. The maximum Gasteiger partial charge on any atom is 0.407 e. The molecule has 2 amide bonds. The molecule has 7 atom stereocenters. The molecule has 2 bridgehead atoms. The van der Waals surface area contributed by atoms with Gasteiger partial charge in [-0.05, 0) is 44.4 Å². The van der Waals surface area contributed by atoms with E-state index in [0.29, 0.717) is 37.6 Å². The summed E-state index contributed by atoms with van der Waals surface area (Å²) in [7, 11) is 1.74. The number of piperazine rings is 1. The number of carboxylic acid groups (broad SMARTS) is 1. The Hall–Kier alpha value is -1.38. The molecule has 0 aromatic carbocycles. The van der Waals surface area contributed by atoms with Crippen LogP contribution in [-0.4, -0.2) is 90.6 Å². The van der Waals surface area contributed by atoms with Crippen LogP contribution in [0.15, 0.2) is 0 Å². The Labute approximate surface area is 171 Å². The zero-order valence-electron chi connectivity index (χ0n) is 17.2. The molecule has 0 spiro atoms. The van der Waals surface area contributed by atoms with Gasteiger partial charge in [0.1, 0.15) is 0 Å². The van der Waals surface area contributed by atoms with E-state index in [1.165, 1.54) is 4.90 Å². The van der Waals surface area contributed by atoms with Crippen LogP contribution in [0.25, 0.3) is 0 Å². The van der Waals surface area contributed by atoms with E-state index >= 15 is 0 Å². The smallest absolute Gasteiger partial charge is 0.407 e. The van der Waals surface area contributed by atoms with E-state index in [4.69, 9.17) is 9.47 Å². The molecule has 3 saturated heterocycles. The molecule has 0 radical (unpaired) electrons. The molecule has 5 fully saturated rings. The van der Waals surface area contributed by atoms with Crippen molar-refractivity contribution in [3.05, 3.63) is 0 Å². The highest BCUT2D eigenvalue weighted by atomic mass is 16.5. The molecule has 0 aromatic rings. The van der Waals surface area contributed by atoms with Crippen molar-refractivity contribution in [1.82, 2.24) is 15.1 Å². The van der Waals surface area contributed by atoms with E-state index in [1.807, 2.05) is 4.90 Å². The number of carbonyl (C=O) groups is 2. The van der Waals surface area contributed by atoms with E-state index in [9.17, 15) is 14.7 Å². The summed E-state index contributed by atoms with van der Waals surface area (Å²) in [5.41, 5.74) is -0.246. The van der Waals surface area contributed by atoms with Gasteiger partial charge in [-0.1, -0.05) is 6.42 Å². The molecule has 8 heteroatoms. The predicted octanol–water partition coefficient (Wildman–Crippen LogP) is 1.29. The third-order valence-electron chi connectivity index (χ3n) is 8.37. The molecule has 0 unspecified atom stereocenters. The van der Waals surface area contributed by atoms with Gasteiger partial charge in [-0.2, -0.15) is 0 Å². The summed E-state index contributed by atoms with van der Waals surface area (Å²) in [6, 6.07) is 0.689. The molecule has 8 nitrogen and oxygen atoms in total. The largest absolute Gasteiger partial charge is 0.465 e. The van der Waals surface area contributed by atoms with E-state index in [0.717, 1.165) is 51.6 Å². The fraction of sp³-hybridized carbons (Fsp3) is 0.905. The first-order valence-electron chi connectivity index (χ1n) is 11.2. The Kier molecular flexibility index (Phi) is 4.99. The lowest BCUT2D eigenvalue weighted by molar-refractivity contribution is -0.145. The van der Waals surface area contributed by atoms with Crippen molar-refractivity contribution in [3.63, 3.8) is 0 Å². The number of nitrogens with zero attached hydrogens (tertiary/aromatic N) is 2. The maximum absolute atomic E-state index is 13.8. The van der Waals surface area contributed by atoms with Crippen molar-refractivity contribution < 1.29 is 24.2 Å². The Morgan fingerprint density at radius 1 is 1.17 bits per heavy atom. The molecule has 2 aliphatic carbocycles. The van der Waals surface area contributed by atoms with Crippen molar-refractivity contribution in [2.45, 2.75) is 75.2 Å². The topological polar surface area (TPSA) is 91.3 Å². The van der Waals surface area contributed by atoms with Crippen molar-refractivity contribution in [2.24, 2.45) is 11.3 Å². The van der Waals surface area contributed by atoms with Gasteiger partial charge in [0.05, 0.1) is 30.2 Å². The summed E-state index contributed by atoms with van der Waals surface area (Å²) in [4.78, 5) is 28.7.